The number of nitrogens with zero attached hydrogens (tertiary/aromatic N) is 4. The van der Waals surface area contributed by atoms with E-state index < -0.39 is 5.69 Å². The Kier molecular flexibility index (Phi) is 5.21. The van der Waals surface area contributed by atoms with Gasteiger partial charge in [0.1, 0.15) is 0 Å². The van der Waals surface area contributed by atoms with Gasteiger partial charge in [0, 0.05) is 11.6 Å². The van der Waals surface area contributed by atoms with Crippen molar-refractivity contribution in [3.8, 4) is 5.69 Å². The van der Waals surface area contributed by atoms with Crippen molar-refractivity contribution < 1.29 is 4.74 Å². The Bertz CT molecular complexity index is 1350. The second-order valence-corrected chi connectivity index (χ2v) is 8.05. The molecule has 1 aliphatic heterocycles. The molecule has 5 rings (SSSR count). The minimum atomic E-state index is -0.415. The summed E-state index contributed by atoms with van der Waals surface area (Å²) in [5.74, 6) is 0. The van der Waals surface area contributed by atoms with Gasteiger partial charge in [0.2, 0.25) is 0 Å². The summed E-state index contributed by atoms with van der Waals surface area (Å²) in [6, 6.07) is 16.7. The van der Waals surface area contributed by atoms with Gasteiger partial charge in [-0.2, -0.15) is 0 Å². The third-order valence-electron chi connectivity index (χ3n) is 5.62. The first kappa shape index (κ1) is 19.8. The zero-order valence-electron chi connectivity index (χ0n) is 16.8. The van der Waals surface area contributed by atoms with Crippen LogP contribution in [-0.2, 0) is 17.8 Å². The van der Waals surface area contributed by atoms with Crippen molar-refractivity contribution in [1.29, 1.82) is 0 Å². The smallest absolute Gasteiger partial charge is 0.337 e. The number of ether oxygens (including phenoxy) is 1. The molecule has 2 aromatic carbocycles. The molecule has 4 aromatic rings. The molecule has 0 bridgehead atoms. The number of aromatic nitrogens is 4. The average molecular weight is 437 g/mol. The van der Waals surface area contributed by atoms with Crippen LogP contribution >= 0.6 is 11.6 Å². The lowest BCUT2D eigenvalue weighted by Crippen LogP contribution is -2.42. The molecule has 3 heterocycles. The summed E-state index contributed by atoms with van der Waals surface area (Å²) >= 11 is 6.34. The summed E-state index contributed by atoms with van der Waals surface area (Å²) in [5.41, 5.74) is 1.43. The summed E-state index contributed by atoms with van der Waals surface area (Å²) in [5, 5.41) is 0.611. The van der Waals surface area contributed by atoms with Crippen molar-refractivity contribution in [3.05, 3.63) is 92.3 Å². The molecule has 8 heteroatoms. The number of halogens is 1. The van der Waals surface area contributed by atoms with E-state index >= 15 is 0 Å². The van der Waals surface area contributed by atoms with Crippen LogP contribution in [0.1, 0.15) is 18.4 Å². The molecule has 1 aliphatic rings. The van der Waals surface area contributed by atoms with Crippen LogP contribution < -0.4 is 11.2 Å². The molecule has 2 aromatic heterocycles. The number of hydrogen-bond donors (Lipinski definition) is 0. The van der Waals surface area contributed by atoms with Crippen LogP contribution in [0.15, 0.2) is 70.5 Å². The third-order valence-corrected chi connectivity index (χ3v) is 5.99. The number of benzene rings is 2. The lowest BCUT2D eigenvalue weighted by atomic mass is 10.2. The van der Waals surface area contributed by atoms with Crippen molar-refractivity contribution >= 4 is 22.8 Å². The van der Waals surface area contributed by atoms with Gasteiger partial charge in [-0.15, -0.1) is 0 Å². The van der Waals surface area contributed by atoms with Crippen LogP contribution in [0.2, 0.25) is 5.02 Å². The lowest BCUT2D eigenvalue weighted by molar-refractivity contribution is 0.0950. The molecule has 0 radical (unpaired) electrons. The Balaban J connectivity index is 1.73. The molecule has 1 saturated heterocycles. The van der Waals surface area contributed by atoms with Gasteiger partial charge in [0.05, 0.1) is 31.2 Å². The monoisotopic (exact) mass is 436 g/mol. The quantitative estimate of drug-likeness (QED) is 0.481. The molecule has 1 atom stereocenters. The molecule has 0 aliphatic carbocycles. The van der Waals surface area contributed by atoms with E-state index in [1.54, 1.807) is 10.9 Å². The molecular weight excluding hydrogens is 416 g/mol. The number of imidazole rings is 1. The number of hydrogen-bond acceptors (Lipinski definition) is 4. The van der Waals surface area contributed by atoms with Crippen molar-refractivity contribution in [2.45, 2.75) is 32.0 Å². The minimum absolute atomic E-state index is 0.146. The fourth-order valence-corrected chi connectivity index (χ4v) is 4.27. The zero-order chi connectivity index (χ0) is 21.4. The van der Waals surface area contributed by atoms with E-state index in [4.69, 9.17) is 16.3 Å². The maximum Gasteiger partial charge on any atom is 0.337 e. The molecule has 7 nitrogen and oxygen atoms in total. The van der Waals surface area contributed by atoms with Crippen molar-refractivity contribution in [3.63, 3.8) is 0 Å². The molecule has 31 heavy (non-hydrogen) atoms. The Morgan fingerprint density at radius 1 is 1.06 bits per heavy atom. The van der Waals surface area contributed by atoms with Crippen LogP contribution in [0.5, 0.6) is 0 Å². The molecule has 1 fully saturated rings. The van der Waals surface area contributed by atoms with Crippen LogP contribution in [0.3, 0.4) is 0 Å². The van der Waals surface area contributed by atoms with Gasteiger partial charge in [-0.1, -0.05) is 48.0 Å². The summed E-state index contributed by atoms with van der Waals surface area (Å²) < 4.78 is 10.2. The Hall–Kier alpha value is -3.16. The van der Waals surface area contributed by atoms with Gasteiger partial charge in [-0.25, -0.2) is 14.3 Å². The summed E-state index contributed by atoms with van der Waals surface area (Å²) in [7, 11) is 0. The number of para-hydroxylation sites is 1. The van der Waals surface area contributed by atoms with Crippen LogP contribution in [-0.4, -0.2) is 31.4 Å². The fraction of sp³-hybridized carbons (Fsp3) is 0.261. The van der Waals surface area contributed by atoms with Crippen molar-refractivity contribution in [2.75, 3.05) is 6.61 Å². The first-order chi connectivity index (χ1) is 15.1. The normalized spacial score (nSPS) is 16.2. The largest absolute Gasteiger partial charge is 0.376 e. The summed E-state index contributed by atoms with van der Waals surface area (Å²) in [6.45, 7) is 1.25. The first-order valence-corrected chi connectivity index (χ1v) is 10.6. The summed E-state index contributed by atoms with van der Waals surface area (Å²) in [6.07, 6.45) is 3.20. The molecule has 0 saturated carbocycles. The van der Waals surface area contributed by atoms with Crippen LogP contribution in [0, 0.1) is 0 Å². The Morgan fingerprint density at radius 3 is 2.58 bits per heavy atom. The summed E-state index contributed by atoms with van der Waals surface area (Å²) in [4.78, 5) is 31.3. The fourth-order valence-electron chi connectivity index (χ4n) is 4.07. The predicted molar refractivity (Wildman–Crippen MR) is 119 cm³/mol. The molecular formula is C23H21ClN4O3. The SMILES string of the molecule is O=c1c2c(ncn2Cc2ccccc2Cl)n(-c2ccccc2)c(=O)n1C[C@@H]1CCCO1. The maximum atomic E-state index is 13.5. The molecule has 0 unspecified atom stereocenters. The zero-order valence-corrected chi connectivity index (χ0v) is 17.5. The first-order valence-electron chi connectivity index (χ1n) is 10.2. The second-order valence-electron chi connectivity index (χ2n) is 7.64. The van der Waals surface area contributed by atoms with E-state index in [-0.39, 0.29) is 18.2 Å². The molecule has 0 amide bonds. The standard InChI is InChI=1S/C23H21ClN4O3/c24-19-11-5-4-7-16(19)13-26-15-25-21-20(26)22(29)27(14-18-10-6-12-31-18)23(30)28(21)17-8-2-1-3-9-17/h1-5,7-9,11,15,18H,6,10,12-14H2/t18-/m0/s1. The second kappa shape index (κ2) is 8.17. The third kappa shape index (κ3) is 3.60. The predicted octanol–water partition coefficient (Wildman–Crippen LogP) is 3.23. The van der Waals surface area contributed by atoms with Crippen molar-refractivity contribution in [2.24, 2.45) is 0 Å². The Labute approximate surface area is 183 Å². The van der Waals surface area contributed by atoms with E-state index in [1.165, 1.54) is 9.13 Å². The van der Waals surface area contributed by atoms with E-state index in [0.717, 1.165) is 18.4 Å². The van der Waals surface area contributed by atoms with Gasteiger partial charge in [-0.05, 0) is 36.6 Å². The van der Waals surface area contributed by atoms with Crippen molar-refractivity contribution in [1.82, 2.24) is 18.7 Å². The highest BCUT2D eigenvalue weighted by atomic mass is 35.5. The van der Waals surface area contributed by atoms with Crippen LogP contribution in [0.4, 0.5) is 0 Å². The van der Waals surface area contributed by atoms with Gasteiger partial charge in [-0.3, -0.25) is 9.36 Å². The number of fused-ring (bicyclic) bond motifs is 1. The highest BCUT2D eigenvalue weighted by Gasteiger charge is 2.23. The van der Waals surface area contributed by atoms with Gasteiger partial charge >= 0.3 is 5.69 Å². The average Bonchev–Trinajstić information content (AvgIpc) is 3.44. The Morgan fingerprint density at radius 2 is 1.84 bits per heavy atom. The number of rotatable bonds is 5. The highest BCUT2D eigenvalue weighted by Crippen LogP contribution is 2.20. The van der Waals surface area contributed by atoms with Gasteiger partial charge in [0.15, 0.2) is 11.2 Å². The molecule has 0 N–H and O–H groups in total. The van der Waals surface area contributed by atoms with E-state index in [9.17, 15) is 9.59 Å². The maximum absolute atomic E-state index is 13.5. The highest BCUT2D eigenvalue weighted by molar-refractivity contribution is 6.31. The van der Waals surface area contributed by atoms with E-state index in [0.29, 0.717) is 35.0 Å². The lowest BCUT2D eigenvalue weighted by Gasteiger charge is -2.15. The van der Waals surface area contributed by atoms with E-state index in [2.05, 4.69) is 4.98 Å². The topological polar surface area (TPSA) is 71.0 Å². The van der Waals surface area contributed by atoms with E-state index in [1.807, 2.05) is 54.6 Å². The molecule has 158 valence electrons. The minimum Gasteiger partial charge on any atom is -0.376 e. The van der Waals surface area contributed by atoms with Crippen LogP contribution in [0.25, 0.3) is 16.9 Å². The van der Waals surface area contributed by atoms with Gasteiger partial charge in [0.25, 0.3) is 5.56 Å². The van der Waals surface area contributed by atoms with Gasteiger partial charge < -0.3 is 9.30 Å². The molecule has 0 spiro atoms.